The average molecular weight is 406 g/mol. The lowest BCUT2D eigenvalue weighted by molar-refractivity contribution is -0.121. The Labute approximate surface area is 166 Å². The lowest BCUT2D eigenvalue weighted by Crippen LogP contribution is -2.38. The molecule has 1 heterocycles. The fraction of sp³-hybridized carbons (Fsp3) is 0.211. The third kappa shape index (κ3) is 4.47. The summed E-state index contributed by atoms with van der Waals surface area (Å²) in [5.74, 6) is -0.783. The van der Waals surface area contributed by atoms with Crippen LogP contribution in [0.3, 0.4) is 0 Å². The molecule has 1 aliphatic rings. The molecule has 1 atom stereocenters. The van der Waals surface area contributed by atoms with Gasteiger partial charge in [-0.25, -0.2) is 4.90 Å². The zero-order valence-electron chi connectivity index (χ0n) is 14.5. The highest BCUT2D eigenvalue weighted by atomic mass is 35.5. The van der Waals surface area contributed by atoms with Crippen molar-refractivity contribution >= 4 is 52.3 Å². The monoisotopic (exact) mass is 405 g/mol. The van der Waals surface area contributed by atoms with Crippen molar-refractivity contribution in [2.24, 2.45) is 0 Å². The van der Waals surface area contributed by atoms with Crippen molar-refractivity contribution in [2.45, 2.75) is 25.9 Å². The van der Waals surface area contributed by atoms with Crippen LogP contribution in [0.5, 0.6) is 0 Å². The summed E-state index contributed by atoms with van der Waals surface area (Å²) in [6, 6.07) is 11.2. The van der Waals surface area contributed by atoms with Crippen molar-refractivity contribution in [2.75, 3.05) is 10.2 Å². The third-order valence-electron chi connectivity index (χ3n) is 4.13. The second-order valence-corrected chi connectivity index (χ2v) is 7.00. The summed E-state index contributed by atoms with van der Waals surface area (Å²) in [5.41, 5.74) is 1.93. The molecular weight excluding hydrogens is 389 g/mol. The number of rotatable bonds is 5. The predicted molar refractivity (Wildman–Crippen MR) is 105 cm³/mol. The van der Waals surface area contributed by atoms with Gasteiger partial charge in [-0.3, -0.25) is 14.4 Å². The first-order valence-corrected chi connectivity index (χ1v) is 9.02. The van der Waals surface area contributed by atoms with Crippen molar-refractivity contribution < 1.29 is 14.4 Å². The number of imide groups is 1. The first-order chi connectivity index (χ1) is 12.8. The van der Waals surface area contributed by atoms with Crippen LogP contribution in [0.15, 0.2) is 42.5 Å². The van der Waals surface area contributed by atoms with E-state index in [1.165, 1.54) is 6.92 Å². The fourth-order valence-corrected chi connectivity index (χ4v) is 3.17. The van der Waals surface area contributed by atoms with E-state index >= 15 is 0 Å². The van der Waals surface area contributed by atoms with E-state index in [1.54, 1.807) is 42.5 Å². The summed E-state index contributed by atoms with van der Waals surface area (Å²) in [6.07, 6.45) is 0.0770. The van der Waals surface area contributed by atoms with Crippen LogP contribution in [-0.2, 0) is 20.9 Å². The smallest absolute Gasteiger partial charge is 0.251 e. The molecule has 27 heavy (non-hydrogen) atoms. The molecule has 140 valence electrons. The Morgan fingerprint density at radius 1 is 1.11 bits per heavy atom. The van der Waals surface area contributed by atoms with Crippen molar-refractivity contribution in [1.82, 2.24) is 5.32 Å². The number of carbonyl (C=O) groups excluding carboxylic acids is 3. The average Bonchev–Trinajstić information content (AvgIpc) is 2.90. The largest absolute Gasteiger partial charge is 0.326 e. The second kappa shape index (κ2) is 8.08. The summed E-state index contributed by atoms with van der Waals surface area (Å²) in [5, 5.41) is 6.63. The van der Waals surface area contributed by atoms with Crippen molar-refractivity contribution in [3.63, 3.8) is 0 Å². The summed E-state index contributed by atoms with van der Waals surface area (Å²) in [7, 11) is 0. The number of nitrogens with zero attached hydrogens (tertiary/aromatic N) is 1. The number of amides is 3. The Morgan fingerprint density at radius 2 is 1.81 bits per heavy atom. The molecular formula is C19H17Cl2N3O3. The van der Waals surface area contributed by atoms with Gasteiger partial charge in [-0.1, -0.05) is 29.3 Å². The molecule has 6 nitrogen and oxygen atoms in total. The van der Waals surface area contributed by atoms with Gasteiger partial charge in [-0.15, -0.1) is 0 Å². The van der Waals surface area contributed by atoms with Crippen LogP contribution in [0.25, 0.3) is 0 Å². The summed E-state index contributed by atoms with van der Waals surface area (Å²) < 4.78 is 0. The quantitative estimate of drug-likeness (QED) is 0.747. The molecule has 2 aromatic carbocycles. The maximum absolute atomic E-state index is 12.6. The van der Waals surface area contributed by atoms with Crippen molar-refractivity contribution in [3.8, 4) is 0 Å². The molecule has 0 bridgehead atoms. The molecule has 0 radical (unpaired) electrons. The number of carbonyl (C=O) groups is 3. The second-order valence-electron chi connectivity index (χ2n) is 6.18. The number of anilines is 2. The number of halogens is 2. The van der Waals surface area contributed by atoms with Gasteiger partial charge in [0.05, 0.1) is 28.2 Å². The summed E-state index contributed by atoms with van der Waals surface area (Å²) >= 11 is 11.9. The highest BCUT2D eigenvalue weighted by Gasteiger charge is 2.39. The van der Waals surface area contributed by atoms with Gasteiger partial charge in [0.15, 0.2) is 0 Å². The topological polar surface area (TPSA) is 78.5 Å². The van der Waals surface area contributed by atoms with Gasteiger partial charge in [-0.2, -0.15) is 0 Å². The van der Waals surface area contributed by atoms with E-state index in [4.69, 9.17) is 23.2 Å². The highest BCUT2D eigenvalue weighted by molar-refractivity contribution is 6.42. The highest BCUT2D eigenvalue weighted by Crippen LogP contribution is 2.26. The van der Waals surface area contributed by atoms with Gasteiger partial charge < -0.3 is 10.6 Å². The molecule has 1 saturated heterocycles. The maximum atomic E-state index is 12.6. The van der Waals surface area contributed by atoms with Gasteiger partial charge in [0.25, 0.3) is 5.91 Å². The molecule has 1 fully saturated rings. The number of hydrogen-bond donors (Lipinski definition) is 2. The maximum Gasteiger partial charge on any atom is 0.251 e. The summed E-state index contributed by atoms with van der Waals surface area (Å²) in [6.45, 7) is 1.79. The molecule has 3 amide bonds. The molecule has 2 N–H and O–H groups in total. The number of nitrogens with one attached hydrogen (secondary N) is 2. The van der Waals surface area contributed by atoms with Gasteiger partial charge in [0.2, 0.25) is 11.8 Å². The lowest BCUT2D eigenvalue weighted by Gasteiger charge is -2.16. The van der Waals surface area contributed by atoms with Gasteiger partial charge in [0.1, 0.15) is 0 Å². The molecule has 8 heteroatoms. The van der Waals surface area contributed by atoms with Crippen LogP contribution in [0, 0.1) is 0 Å². The minimum Gasteiger partial charge on any atom is -0.326 e. The predicted octanol–water partition coefficient (Wildman–Crippen LogP) is 3.37. The van der Waals surface area contributed by atoms with E-state index in [9.17, 15) is 14.4 Å². The Bertz CT molecular complexity index is 900. The molecule has 0 spiro atoms. The van der Waals surface area contributed by atoms with Crippen LogP contribution < -0.4 is 15.5 Å². The van der Waals surface area contributed by atoms with E-state index < -0.39 is 6.04 Å². The van der Waals surface area contributed by atoms with E-state index in [0.29, 0.717) is 28.0 Å². The Balaban J connectivity index is 1.67. The minimum atomic E-state index is -0.609. The molecule has 0 aromatic heterocycles. The minimum absolute atomic E-state index is 0.0770. The Kier molecular flexibility index (Phi) is 5.79. The van der Waals surface area contributed by atoms with E-state index in [1.807, 2.05) is 0 Å². The lowest BCUT2D eigenvalue weighted by atomic mass is 10.2. The van der Waals surface area contributed by atoms with Crippen LogP contribution >= 0.6 is 23.2 Å². The van der Waals surface area contributed by atoms with Gasteiger partial charge >= 0.3 is 0 Å². The standard InChI is InChI=1S/C19H17Cl2N3O3/c1-11(25)23-13-3-5-14(6-4-13)24-18(26)9-17(19(24)27)22-10-12-2-7-15(20)16(21)8-12/h2-8,17,22H,9-10H2,1H3,(H,23,25)/t17-/m0/s1. The molecule has 0 unspecified atom stereocenters. The van der Waals surface area contributed by atoms with Crippen LogP contribution in [0.2, 0.25) is 10.0 Å². The van der Waals surface area contributed by atoms with E-state index in [0.717, 1.165) is 10.5 Å². The third-order valence-corrected chi connectivity index (χ3v) is 4.87. The molecule has 3 rings (SSSR count). The van der Waals surface area contributed by atoms with Gasteiger partial charge in [-0.05, 0) is 42.0 Å². The normalized spacial score (nSPS) is 16.7. The van der Waals surface area contributed by atoms with Crippen LogP contribution in [-0.4, -0.2) is 23.8 Å². The van der Waals surface area contributed by atoms with Gasteiger partial charge in [0, 0.05) is 19.2 Å². The number of hydrogen-bond acceptors (Lipinski definition) is 4. The first kappa shape index (κ1) is 19.4. The molecule has 1 aliphatic heterocycles. The van der Waals surface area contributed by atoms with Crippen LogP contribution in [0.4, 0.5) is 11.4 Å². The van der Waals surface area contributed by atoms with E-state index in [-0.39, 0.29) is 24.1 Å². The fourth-order valence-electron chi connectivity index (χ4n) is 2.85. The summed E-state index contributed by atoms with van der Waals surface area (Å²) in [4.78, 5) is 37.2. The van der Waals surface area contributed by atoms with E-state index in [2.05, 4.69) is 10.6 Å². The number of benzene rings is 2. The molecule has 2 aromatic rings. The SMILES string of the molecule is CC(=O)Nc1ccc(N2C(=O)C[C@H](NCc3ccc(Cl)c(Cl)c3)C2=O)cc1. The zero-order valence-corrected chi connectivity index (χ0v) is 16.0. The van der Waals surface area contributed by atoms with Crippen LogP contribution in [0.1, 0.15) is 18.9 Å². The van der Waals surface area contributed by atoms with Crippen molar-refractivity contribution in [1.29, 1.82) is 0 Å². The Morgan fingerprint density at radius 3 is 2.44 bits per heavy atom. The van der Waals surface area contributed by atoms with Crippen molar-refractivity contribution in [3.05, 3.63) is 58.1 Å². The molecule has 0 saturated carbocycles. The Hall–Kier alpha value is -2.41. The first-order valence-electron chi connectivity index (χ1n) is 8.27. The molecule has 0 aliphatic carbocycles. The zero-order chi connectivity index (χ0) is 19.6.